The summed E-state index contributed by atoms with van der Waals surface area (Å²) in [7, 11) is 7.83. The van der Waals surface area contributed by atoms with Gasteiger partial charge in [0.1, 0.15) is 5.75 Å². The van der Waals surface area contributed by atoms with E-state index in [1.165, 1.54) is 5.56 Å². The molecule has 1 saturated heterocycles. The number of likely N-dealkylation sites (N-methyl/N-ethyl adjacent to an activating group) is 1. The van der Waals surface area contributed by atoms with Gasteiger partial charge in [0.05, 0.1) is 7.11 Å². The van der Waals surface area contributed by atoms with E-state index in [1.54, 1.807) is 7.11 Å². The molecule has 1 aromatic rings. The van der Waals surface area contributed by atoms with Gasteiger partial charge in [0.15, 0.2) is 5.96 Å². The van der Waals surface area contributed by atoms with E-state index < -0.39 is 0 Å². The van der Waals surface area contributed by atoms with Crippen LogP contribution in [0.5, 0.6) is 5.75 Å². The van der Waals surface area contributed by atoms with Gasteiger partial charge in [0.25, 0.3) is 0 Å². The maximum atomic E-state index is 5.55. The molecule has 27 heavy (non-hydrogen) atoms. The molecule has 2 N–H and O–H groups in total. The lowest BCUT2D eigenvalue weighted by atomic mass is 9.88. The van der Waals surface area contributed by atoms with Crippen LogP contribution in [0, 0.1) is 0 Å². The summed E-state index contributed by atoms with van der Waals surface area (Å²) in [5, 5.41) is 6.97. The fraction of sp³-hybridized carbons (Fsp3) is 0.667. The number of methoxy groups -OCH3 is 1. The van der Waals surface area contributed by atoms with Gasteiger partial charge in [-0.25, -0.2) is 0 Å². The largest absolute Gasteiger partial charge is 0.497 e. The maximum Gasteiger partial charge on any atom is 0.191 e. The minimum Gasteiger partial charge on any atom is -0.497 e. The van der Waals surface area contributed by atoms with Gasteiger partial charge in [-0.2, -0.15) is 0 Å². The number of benzene rings is 1. The zero-order chi connectivity index (χ0) is 19.7. The van der Waals surface area contributed by atoms with Crippen LogP contribution in [-0.2, 0) is 4.74 Å². The molecule has 1 aliphatic rings. The van der Waals surface area contributed by atoms with Crippen molar-refractivity contribution < 1.29 is 9.47 Å². The molecular weight excluding hydrogens is 340 g/mol. The summed E-state index contributed by atoms with van der Waals surface area (Å²) in [4.78, 5) is 6.70. The molecule has 1 atom stereocenters. The van der Waals surface area contributed by atoms with E-state index in [2.05, 4.69) is 53.7 Å². The number of rotatable bonds is 8. The van der Waals surface area contributed by atoms with Gasteiger partial charge in [0, 0.05) is 38.9 Å². The first-order chi connectivity index (χ1) is 13.0. The van der Waals surface area contributed by atoms with E-state index in [1.807, 2.05) is 19.2 Å². The summed E-state index contributed by atoms with van der Waals surface area (Å²) < 4.78 is 10.8. The van der Waals surface area contributed by atoms with Crippen LogP contribution in [0.1, 0.15) is 37.7 Å². The zero-order valence-electron chi connectivity index (χ0n) is 17.5. The van der Waals surface area contributed by atoms with Crippen LogP contribution in [0.15, 0.2) is 29.3 Å². The second-order valence-electron chi connectivity index (χ2n) is 7.55. The number of hydrogen-bond donors (Lipinski definition) is 2. The Balaban J connectivity index is 1.79. The molecule has 1 aromatic carbocycles. The quantitative estimate of drug-likeness (QED) is 0.539. The van der Waals surface area contributed by atoms with Gasteiger partial charge >= 0.3 is 0 Å². The topological polar surface area (TPSA) is 58.1 Å². The van der Waals surface area contributed by atoms with Crippen molar-refractivity contribution in [1.29, 1.82) is 0 Å². The average molecular weight is 377 g/mol. The highest BCUT2D eigenvalue weighted by atomic mass is 16.5. The van der Waals surface area contributed by atoms with E-state index in [9.17, 15) is 0 Å². The van der Waals surface area contributed by atoms with Gasteiger partial charge in [-0.1, -0.05) is 19.1 Å². The second kappa shape index (κ2) is 10.5. The summed E-state index contributed by atoms with van der Waals surface area (Å²) in [6.07, 6.45) is 3.12. The van der Waals surface area contributed by atoms with Crippen LogP contribution in [0.25, 0.3) is 0 Å². The number of hydrogen-bond acceptors (Lipinski definition) is 4. The van der Waals surface area contributed by atoms with Crippen molar-refractivity contribution in [2.45, 2.75) is 37.6 Å². The van der Waals surface area contributed by atoms with E-state index in [0.717, 1.165) is 57.3 Å². The Morgan fingerprint density at radius 3 is 2.44 bits per heavy atom. The highest BCUT2D eigenvalue weighted by Crippen LogP contribution is 2.25. The van der Waals surface area contributed by atoms with E-state index in [4.69, 9.17) is 9.47 Å². The summed E-state index contributed by atoms with van der Waals surface area (Å²) in [5.74, 6) is 2.24. The predicted molar refractivity (Wildman–Crippen MR) is 112 cm³/mol. The van der Waals surface area contributed by atoms with Crippen molar-refractivity contribution in [3.63, 3.8) is 0 Å². The van der Waals surface area contributed by atoms with Gasteiger partial charge in [-0.15, -0.1) is 0 Å². The van der Waals surface area contributed by atoms with Crippen molar-refractivity contribution in [3.05, 3.63) is 29.8 Å². The van der Waals surface area contributed by atoms with Gasteiger partial charge in [-0.05, 0) is 57.0 Å². The van der Waals surface area contributed by atoms with E-state index >= 15 is 0 Å². The highest BCUT2D eigenvalue weighted by Gasteiger charge is 2.34. The summed E-state index contributed by atoms with van der Waals surface area (Å²) >= 11 is 0. The van der Waals surface area contributed by atoms with Crippen molar-refractivity contribution in [1.82, 2.24) is 15.5 Å². The molecule has 152 valence electrons. The first kappa shape index (κ1) is 21.5. The lowest BCUT2D eigenvalue weighted by molar-refractivity contribution is -0.00501. The smallest absolute Gasteiger partial charge is 0.191 e. The van der Waals surface area contributed by atoms with E-state index in [-0.39, 0.29) is 5.54 Å². The summed E-state index contributed by atoms with van der Waals surface area (Å²) in [6, 6.07) is 8.33. The zero-order valence-corrected chi connectivity index (χ0v) is 17.5. The van der Waals surface area contributed by atoms with Crippen molar-refractivity contribution in [2.75, 3.05) is 54.6 Å². The fourth-order valence-corrected chi connectivity index (χ4v) is 3.51. The summed E-state index contributed by atoms with van der Waals surface area (Å²) in [5.41, 5.74) is 1.46. The molecule has 0 aromatic heterocycles. The second-order valence-corrected chi connectivity index (χ2v) is 7.55. The lowest BCUT2D eigenvalue weighted by Crippen LogP contribution is -2.57. The SMILES string of the molecule is CN=C(NCCC(C)c1ccc(OC)cc1)NCC1(N(C)C)CCOCC1. The molecule has 0 aliphatic carbocycles. The van der Waals surface area contributed by atoms with Crippen LogP contribution >= 0.6 is 0 Å². The lowest BCUT2D eigenvalue weighted by Gasteiger charge is -2.43. The van der Waals surface area contributed by atoms with Crippen LogP contribution in [0.3, 0.4) is 0 Å². The van der Waals surface area contributed by atoms with E-state index in [0.29, 0.717) is 5.92 Å². The normalized spacial score (nSPS) is 18.2. The van der Waals surface area contributed by atoms with Crippen molar-refractivity contribution >= 4 is 5.96 Å². The fourth-order valence-electron chi connectivity index (χ4n) is 3.51. The third-order valence-electron chi connectivity index (χ3n) is 5.74. The maximum absolute atomic E-state index is 5.55. The molecular formula is C21H36N4O2. The Morgan fingerprint density at radius 1 is 1.22 bits per heavy atom. The monoisotopic (exact) mass is 376 g/mol. The van der Waals surface area contributed by atoms with Crippen molar-refractivity contribution in [2.24, 2.45) is 4.99 Å². The molecule has 0 bridgehead atoms. The molecule has 0 saturated carbocycles. The molecule has 0 spiro atoms. The third kappa shape index (κ3) is 6.11. The van der Waals surface area contributed by atoms with Crippen molar-refractivity contribution in [3.8, 4) is 5.75 Å². The average Bonchev–Trinajstić information content (AvgIpc) is 2.71. The molecule has 1 fully saturated rings. The number of guanidine groups is 1. The van der Waals surface area contributed by atoms with Gasteiger partial charge in [0.2, 0.25) is 0 Å². The standard InChI is InChI=1S/C21H36N4O2/c1-17(18-6-8-19(26-5)9-7-18)10-13-23-20(22-2)24-16-21(25(3)4)11-14-27-15-12-21/h6-9,17H,10-16H2,1-5H3,(H2,22,23,24). The Hall–Kier alpha value is -1.79. The Morgan fingerprint density at radius 2 is 1.89 bits per heavy atom. The first-order valence-corrected chi connectivity index (χ1v) is 9.84. The third-order valence-corrected chi connectivity index (χ3v) is 5.74. The number of nitrogens with one attached hydrogen (secondary N) is 2. The number of aliphatic imine (C=N–C) groups is 1. The molecule has 6 nitrogen and oxygen atoms in total. The molecule has 0 amide bonds. The Bertz CT molecular complexity index is 580. The molecule has 6 heteroatoms. The molecule has 0 radical (unpaired) electrons. The van der Waals surface area contributed by atoms with Crippen LogP contribution in [0.4, 0.5) is 0 Å². The van der Waals surface area contributed by atoms with Crippen LogP contribution in [0.2, 0.25) is 0 Å². The Kier molecular flexibility index (Phi) is 8.38. The molecule has 2 rings (SSSR count). The number of nitrogens with zero attached hydrogens (tertiary/aromatic N) is 2. The predicted octanol–water partition coefficient (Wildman–Crippen LogP) is 2.46. The van der Waals surface area contributed by atoms with Gasteiger partial charge < -0.3 is 25.0 Å². The summed E-state index contributed by atoms with van der Waals surface area (Å²) in [6.45, 7) is 5.65. The minimum absolute atomic E-state index is 0.131. The molecule has 1 unspecified atom stereocenters. The molecule has 1 aliphatic heterocycles. The molecule has 1 heterocycles. The van der Waals surface area contributed by atoms with Crippen LogP contribution < -0.4 is 15.4 Å². The van der Waals surface area contributed by atoms with Crippen LogP contribution in [-0.4, -0.2) is 71.0 Å². The van der Waals surface area contributed by atoms with Gasteiger partial charge in [-0.3, -0.25) is 4.99 Å². The minimum atomic E-state index is 0.131. The number of ether oxygens (including phenoxy) is 2. The Labute approximate surface area is 164 Å². The highest BCUT2D eigenvalue weighted by molar-refractivity contribution is 5.79. The first-order valence-electron chi connectivity index (χ1n) is 9.84.